The molecule has 2 nitrogen and oxygen atoms in total. The zero-order chi connectivity index (χ0) is 7.11. The van der Waals surface area contributed by atoms with Crippen molar-refractivity contribution in [2.45, 2.75) is 6.42 Å². The molecule has 0 fully saturated rings. The molecule has 0 saturated carbocycles. The van der Waals surface area contributed by atoms with Gasteiger partial charge >= 0.3 is 0 Å². The van der Waals surface area contributed by atoms with E-state index in [-0.39, 0.29) is 5.17 Å². The molecule has 0 unspecified atom stereocenters. The highest BCUT2D eigenvalue weighted by molar-refractivity contribution is 8.13. The zero-order valence-electron chi connectivity index (χ0n) is 5.52. The van der Waals surface area contributed by atoms with Gasteiger partial charge in [-0.05, 0) is 18.4 Å². The van der Waals surface area contributed by atoms with Gasteiger partial charge in [-0.15, -0.1) is 0 Å². The third kappa shape index (κ3) is 8.17. The van der Waals surface area contributed by atoms with Crippen molar-refractivity contribution in [2.24, 2.45) is 5.73 Å². The number of hydrogen-bond acceptors (Lipinski definition) is 3. The topological polar surface area (TPSA) is 49.9 Å². The van der Waals surface area contributed by atoms with Crippen LogP contribution in [0.25, 0.3) is 0 Å². The lowest BCUT2D eigenvalue weighted by Gasteiger charge is -1.95. The predicted molar refractivity (Wildman–Crippen MR) is 47.4 cm³/mol. The fourth-order valence-corrected chi connectivity index (χ4v) is 1.51. The average Bonchev–Trinajstić information content (AvgIpc) is 1.80. The van der Waals surface area contributed by atoms with Crippen LogP contribution in [0, 0.1) is 5.41 Å². The van der Waals surface area contributed by atoms with Crippen LogP contribution in [0.4, 0.5) is 0 Å². The molecule has 0 saturated heterocycles. The Bertz CT molecular complexity index is 85.0. The van der Waals surface area contributed by atoms with Crippen LogP contribution < -0.4 is 5.73 Å². The van der Waals surface area contributed by atoms with Crippen molar-refractivity contribution in [2.75, 3.05) is 17.8 Å². The number of thioether (sulfide) groups is 2. The summed E-state index contributed by atoms with van der Waals surface area (Å²) in [7, 11) is 0. The van der Waals surface area contributed by atoms with Crippen molar-refractivity contribution >= 4 is 28.7 Å². The van der Waals surface area contributed by atoms with Gasteiger partial charge in [0.05, 0.1) is 0 Å². The lowest BCUT2D eigenvalue weighted by atomic mass is 10.6. The standard InChI is InChI=1S/C5H12N2S2/c1-8-3-2-4-9-5(6)7/h2-4H2,1H3,(H3,6,7). The Kier molecular flexibility index (Phi) is 6.41. The Morgan fingerprint density at radius 2 is 2.22 bits per heavy atom. The molecule has 0 aliphatic carbocycles. The largest absolute Gasteiger partial charge is 0.379 e. The summed E-state index contributed by atoms with van der Waals surface area (Å²) in [4.78, 5) is 0. The minimum Gasteiger partial charge on any atom is -0.379 e. The van der Waals surface area contributed by atoms with Crippen LogP contribution >= 0.6 is 23.5 Å². The van der Waals surface area contributed by atoms with E-state index in [1.807, 2.05) is 11.8 Å². The van der Waals surface area contributed by atoms with Gasteiger partial charge in [0.2, 0.25) is 0 Å². The van der Waals surface area contributed by atoms with E-state index in [2.05, 4.69) is 6.26 Å². The van der Waals surface area contributed by atoms with Crippen molar-refractivity contribution in [1.82, 2.24) is 0 Å². The normalized spacial score (nSPS) is 9.44. The number of rotatable bonds is 4. The highest BCUT2D eigenvalue weighted by atomic mass is 32.2. The smallest absolute Gasteiger partial charge is 0.151 e. The molecule has 0 aliphatic rings. The maximum Gasteiger partial charge on any atom is 0.151 e. The summed E-state index contributed by atoms with van der Waals surface area (Å²) >= 11 is 3.25. The van der Waals surface area contributed by atoms with Crippen molar-refractivity contribution in [3.05, 3.63) is 0 Å². The fraction of sp³-hybridized carbons (Fsp3) is 0.800. The van der Waals surface area contributed by atoms with Crippen LogP contribution in [-0.4, -0.2) is 22.9 Å². The van der Waals surface area contributed by atoms with Gasteiger partial charge in [0.1, 0.15) is 0 Å². The lowest BCUT2D eigenvalue weighted by Crippen LogP contribution is -2.04. The van der Waals surface area contributed by atoms with Crippen LogP contribution in [-0.2, 0) is 0 Å². The van der Waals surface area contributed by atoms with Crippen molar-refractivity contribution < 1.29 is 0 Å². The second-order valence-electron chi connectivity index (χ2n) is 1.56. The third-order valence-corrected chi connectivity index (χ3v) is 2.25. The van der Waals surface area contributed by atoms with Crippen LogP contribution in [0.3, 0.4) is 0 Å². The van der Waals surface area contributed by atoms with Gasteiger partial charge in [-0.1, -0.05) is 11.8 Å². The molecule has 9 heavy (non-hydrogen) atoms. The van der Waals surface area contributed by atoms with Gasteiger partial charge < -0.3 is 5.73 Å². The van der Waals surface area contributed by atoms with Crippen LogP contribution in [0.15, 0.2) is 0 Å². The summed E-state index contributed by atoms with van der Waals surface area (Å²) in [6, 6.07) is 0. The lowest BCUT2D eigenvalue weighted by molar-refractivity contribution is 1.13. The number of nitrogens with one attached hydrogen (secondary N) is 1. The van der Waals surface area contributed by atoms with Gasteiger partial charge in [0.15, 0.2) is 5.17 Å². The molecule has 4 heteroatoms. The molecule has 54 valence electrons. The van der Waals surface area contributed by atoms with Gasteiger partial charge in [-0.3, -0.25) is 5.41 Å². The van der Waals surface area contributed by atoms with E-state index in [1.165, 1.54) is 17.5 Å². The molecule has 0 amide bonds. The second kappa shape index (κ2) is 6.29. The molecule has 0 aromatic heterocycles. The Hall–Kier alpha value is 0.170. The Balaban J connectivity index is 2.83. The van der Waals surface area contributed by atoms with E-state index in [0.717, 1.165) is 12.2 Å². The number of amidine groups is 1. The van der Waals surface area contributed by atoms with E-state index < -0.39 is 0 Å². The Morgan fingerprint density at radius 1 is 1.56 bits per heavy atom. The maximum absolute atomic E-state index is 6.86. The summed E-state index contributed by atoms with van der Waals surface area (Å²) in [5, 5.41) is 7.10. The molecule has 0 aromatic rings. The summed E-state index contributed by atoms with van der Waals surface area (Å²) < 4.78 is 0. The Morgan fingerprint density at radius 3 is 2.67 bits per heavy atom. The summed E-state index contributed by atoms with van der Waals surface area (Å²) in [5.74, 6) is 2.15. The first-order chi connectivity index (χ1) is 4.27. The van der Waals surface area contributed by atoms with E-state index in [1.54, 1.807) is 0 Å². The molecule has 0 radical (unpaired) electrons. The van der Waals surface area contributed by atoms with Crippen LogP contribution in [0.5, 0.6) is 0 Å². The fourth-order valence-electron chi connectivity index (χ4n) is 0.385. The second-order valence-corrected chi connectivity index (χ2v) is 3.68. The summed E-state index contributed by atoms with van der Waals surface area (Å²) in [6.07, 6.45) is 3.23. The molecule has 0 heterocycles. The minimum absolute atomic E-state index is 0.233. The number of nitrogens with two attached hydrogens (primary N) is 1. The molecule has 0 atom stereocenters. The van der Waals surface area contributed by atoms with Gasteiger partial charge in [0, 0.05) is 5.75 Å². The van der Waals surface area contributed by atoms with Crippen molar-refractivity contribution in [3.63, 3.8) is 0 Å². The molecular weight excluding hydrogens is 152 g/mol. The Labute approximate surface area is 64.5 Å². The first-order valence-electron chi connectivity index (χ1n) is 2.73. The minimum atomic E-state index is 0.233. The first-order valence-corrected chi connectivity index (χ1v) is 5.11. The number of hydrogen-bond donors (Lipinski definition) is 2. The van der Waals surface area contributed by atoms with E-state index in [0.29, 0.717) is 0 Å². The zero-order valence-corrected chi connectivity index (χ0v) is 7.15. The quantitative estimate of drug-likeness (QED) is 0.375. The third-order valence-electron chi connectivity index (χ3n) is 0.750. The molecule has 0 spiro atoms. The molecular formula is C5H12N2S2. The van der Waals surface area contributed by atoms with E-state index >= 15 is 0 Å². The first kappa shape index (κ1) is 9.17. The summed E-state index contributed by atoms with van der Waals surface area (Å²) in [6.45, 7) is 0. The predicted octanol–water partition coefficient (Wildman–Crippen LogP) is 1.37. The molecule has 3 N–H and O–H groups in total. The van der Waals surface area contributed by atoms with E-state index in [4.69, 9.17) is 11.1 Å². The molecule has 0 bridgehead atoms. The van der Waals surface area contributed by atoms with Gasteiger partial charge in [-0.25, -0.2) is 0 Å². The van der Waals surface area contributed by atoms with Gasteiger partial charge in [-0.2, -0.15) is 11.8 Å². The molecule has 0 rings (SSSR count). The van der Waals surface area contributed by atoms with Crippen LogP contribution in [0.2, 0.25) is 0 Å². The average molecular weight is 164 g/mol. The van der Waals surface area contributed by atoms with Crippen molar-refractivity contribution in [3.8, 4) is 0 Å². The summed E-state index contributed by atoms with van der Waals surface area (Å²) in [5.41, 5.74) is 5.11. The SMILES string of the molecule is CSCCCSC(=N)N. The maximum atomic E-state index is 6.86. The molecule has 0 aliphatic heterocycles. The monoisotopic (exact) mass is 164 g/mol. The molecule has 0 aromatic carbocycles. The highest BCUT2D eigenvalue weighted by Crippen LogP contribution is 2.03. The van der Waals surface area contributed by atoms with Crippen molar-refractivity contribution in [1.29, 1.82) is 5.41 Å². The highest BCUT2D eigenvalue weighted by Gasteiger charge is 1.89. The van der Waals surface area contributed by atoms with E-state index in [9.17, 15) is 0 Å². The van der Waals surface area contributed by atoms with Gasteiger partial charge in [0.25, 0.3) is 0 Å². The van der Waals surface area contributed by atoms with Crippen LogP contribution in [0.1, 0.15) is 6.42 Å².